The van der Waals surface area contributed by atoms with Crippen LogP contribution in [0.5, 0.6) is 0 Å². The molecule has 42 heavy (non-hydrogen) atoms. The molecule has 1 fully saturated rings. The second-order valence-corrected chi connectivity index (χ2v) is 8.86. The van der Waals surface area contributed by atoms with Gasteiger partial charge in [-0.15, -0.1) is 5.92 Å². The van der Waals surface area contributed by atoms with Crippen LogP contribution in [0.15, 0.2) is 46.1 Å². The Morgan fingerprint density at radius 2 is 1.05 bits per heavy atom. The first-order chi connectivity index (χ1) is 20.3. The SMILES string of the molecule is [C-]#[N+]/C(C#N)=C(C)\C(=C(/C#N)[N+]#[C-])c1cc(C#CC)c(C(=C(\C#N)[N+]#[C-])/C(C)=C(\C#N)[N+]#[C-])cc1C#CC1CCCC1. The van der Waals surface area contributed by atoms with E-state index in [-0.39, 0.29) is 67.7 Å². The van der Waals surface area contributed by atoms with Gasteiger partial charge in [0, 0.05) is 17.0 Å². The molecule has 0 N–H and O–H groups in total. The molecule has 1 aliphatic carbocycles. The highest BCUT2D eigenvalue weighted by Gasteiger charge is 2.24. The Labute approximate surface area is 246 Å². The van der Waals surface area contributed by atoms with Crippen LogP contribution in [-0.4, -0.2) is 0 Å². The monoisotopic (exact) mass is 540 g/mol. The summed E-state index contributed by atoms with van der Waals surface area (Å²) in [7, 11) is 0. The number of nitriles is 4. The average Bonchev–Trinajstić information content (AvgIpc) is 3.53. The number of nitrogens with zero attached hydrogens (tertiary/aromatic N) is 8. The number of hydrogen-bond donors (Lipinski definition) is 0. The third-order valence-corrected chi connectivity index (χ3v) is 6.53. The van der Waals surface area contributed by atoms with Crippen LogP contribution >= 0.6 is 0 Å². The van der Waals surface area contributed by atoms with E-state index in [0.717, 1.165) is 25.7 Å². The summed E-state index contributed by atoms with van der Waals surface area (Å²) in [6.07, 6.45) is 3.86. The van der Waals surface area contributed by atoms with Crippen LogP contribution in [0.3, 0.4) is 0 Å². The zero-order valence-electron chi connectivity index (χ0n) is 23.1. The molecule has 2 rings (SSSR count). The smallest absolute Gasteiger partial charge is 0.226 e. The molecule has 196 valence electrons. The molecule has 0 unspecified atom stereocenters. The van der Waals surface area contributed by atoms with Crippen molar-refractivity contribution >= 4 is 11.1 Å². The van der Waals surface area contributed by atoms with Gasteiger partial charge in [-0.2, -0.15) is 0 Å². The maximum Gasteiger partial charge on any atom is 0.268 e. The van der Waals surface area contributed by atoms with Crippen LogP contribution < -0.4 is 0 Å². The van der Waals surface area contributed by atoms with Gasteiger partial charge in [0.05, 0.1) is 50.6 Å². The van der Waals surface area contributed by atoms with Crippen molar-refractivity contribution in [2.45, 2.75) is 46.5 Å². The van der Waals surface area contributed by atoms with Crippen LogP contribution in [0, 0.1) is 101 Å². The lowest BCUT2D eigenvalue weighted by Crippen LogP contribution is -2.03. The van der Waals surface area contributed by atoms with E-state index in [1.54, 1.807) is 25.1 Å². The standard InChI is InChI=1S/C34H20N8/c1-8-11-25-16-28(34(32(21-38)42-7)23(3)30(19-36)40-5)26(15-14-24-12-9-10-13-24)17-27(25)33(31(20-37)41-6)22(2)29(18-35)39-4/h16-17,24H,9-10,12-13H2,1-3H3/b29-22+,30-23-,33-31+,34-32-. The highest BCUT2D eigenvalue weighted by Crippen LogP contribution is 2.38. The molecule has 8 nitrogen and oxygen atoms in total. The molecule has 0 bridgehead atoms. The summed E-state index contributed by atoms with van der Waals surface area (Å²) in [5, 5.41) is 38.8. The van der Waals surface area contributed by atoms with Crippen molar-refractivity contribution in [1.82, 2.24) is 0 Å². The van der Waals surface area contributed by atoms with E-state index in [1.165, 1.54) is 13.8 Å². The molecular formula is C34H20N8. The van der Waals surface area contributed by atoms with Crippen LogP contribution in [0.1, 0.15) is 68.7 Å². The average molecular weight is 541 g/mol. The van der Waals surface area contributed by atoms with Crippen molar-refractivity contribution in [3.05, 3.63) is 114 Å². The molecule has 1 aliphatic rings. The normalized spacial score (nSPS) is 14.1. The first kappa shape index (κ1) is 31.4. The molecule has 0 atom stereocenters. The summed E-state index contributed by atoms with van der Waals surface area (Å²) < 4.78 is 0. The van der Waals surface area contributed by atoms with Crippen LogP contribution in [0.4, 0.5) is 0 Å². The first-order valence-corrected chi connectivity index (χ1v) is 12.4. The van der Waals surface area contributed by atoms with Gasteiger partial charge in [-0.3, -0.25) is 0 Å². The van der Waals surface area contributed by atoms with Crippen LogP contribution in [0.2, 0.25) is 0 Å². The maximum absolute atomic E-state index is 9.86. The Kier molecular flexibility index (Phi) is 11.2. The van der Waals surface area contributed by atoms with Gasteiger partial charge in [-0.05, 0) is 79.2 Å². The van der Waals surface area contributed by atoms with E-state index in [0.29, 0.717) is 5.56 Å². The van der Waals surface area contributed by atoms with Gasteiger partial charge in [-0.1, -0.05) is 30.6 Å². The summed E-state index contributed by atoms with van der Waals surface area (Å²) in [4.78, 5) is 13.2. The minimum atomic E-state index is -0.365. The third kappa shape index (κ3) is 6.61. The van der Waals surface area contributed by atoms with E-state index in [9.17, 15) is 21.0 Å². The summed E-state index contributed by atoms with van der Waals surface area (Å²) in [6, 6.07) is 10.4. The fourth-order valence-electron chi connectivity index (χ4n) is 4.51. The molecular weight excluding hydrogens is 520 g/mol. The lowest BCUT2D eigenvalue weighted by Gasteiger charge is -2.18. The first-order valence-electron chi connectivity index (χ1n) is 12.4. The molecule has 0 heterocycles. The highest BCUT2D eigenvalue weighted by atomic mass is 14.7. The van der Waals surface area contributed by atoms with E-state index in [2.05, 4.69) is 43.1 Å². The van der Waals surface area contributed by atoms with Crippen molar-refractivity contribution < 1.29 is 0 Å². The fraction of sp³-hybridized carbons (Fsp3) is 0.235. The highest BCUT2D eigenvalue weighted by molar-refractivity contribution is 5.93. The molecule has 1 aromatic carbocycles. The quantitative estimate of drug-likeness (QED) is 0.172. The van der Waals surface area contributed by atoms with Crippen LogP contribution in [0.25, 0.3) is 30.5 Å². The van der Waals surface area contributed by atoms with Gasteiger partial charge in [-0.25, -0.2) is 40.4 Å². The van der Waals surface area contributed by atoms with Crippen molar-refractivity contribution in [2.75, 3.05) is 0 Å². The van der Waals surface area contributed by atoms with Gasteiger partial charge in [0.1, 0.15) is 0 Å². The van der Waals surface area contributed by atoms with E-state index in [4.69, 9.17) is 26.3 Å². The number of hydrogen-bond acceptors (Lipinski definition) is 4. The Morgan fingerprint density at radius 3 is 1.38 bits per heavy atom. The lowest BCUT2D eigenvalue weighted by atomic mass is 9.84. The zero-order valence-corrected chi connectivity index (χ0v) is 23.1. The summed E-state index contributed by atoms with van der Waals surface area (Å²) in [5.41, 5.74) is 0.0603. The second-order valence-electron chi connectivity index (χ2n) is 8.86. The molecule has 8 heteroatoms. The fourth-order valence-corrected chi connectivity index (χ4v) is 4.51. The topological polar surface area (TPSA) is 113 Å². The third-order valence-electron chi connectivity index (χ3n) is 6.53. The minimum absolute atomic E-state index is 0.0376. The molecule has 0 saturated heterocycles. The lowest BCUT2D eigenvalue weighted by molar-refractivity contribution is 0.712. The Balaban J connectivity index is 3.34. The van der Waals surface area contributed by atoms with Gasteiger partial charge in [0.15, 0.2) is 0 Å². The largest absolute Gasteiger partial charge is 0.268 e. The number of benzene rings is 1. The molecule has 1 saturated carbocycles. The molecule has 0 radical (unpaired) electrons. The Bertz CT molecular complexity index is 1880. The van der Waals surface area contributed by atoms with Crippen molar-refractivity contribution in [3.63, 3.8) is 0 Å². The van der Waals surface area contributed by atoms with Gasteiger partial charge in [0.25, 0.3) is 22.8 Å². The van der Waals surface area contributed by atoms with Crippen molar-refractivity contribution in [2.24, 2.45) is 5.92 Å². The predicted molar refractivity (Wildman–Crippen MR) is 156 cm³/mol. The maximum atomic E-state index is 9.86. The van der Waals surface area contributed by atoms with Crippen molar-refractivity contribution in [1.29, 1.82) is 21.0 Å². The van der Waals surface area contributed by atoms with Gasteiger partial charge in [0.2, 0.25) is 0 Å². The van der Waals surface area contributed by atoms with E-state index < -0.39 is 0 Å². The summed E-state index contributed by atoms with van der Waals surface area (Å²) >= 11 is 0. The Morgan fingerprint density at radius 1 is 0.667 bits per heavy atom. The summed E-state index contributed by atoms with van der Waals surface area (Å²) in [5.74, 6) is 12.2. The van der Waals surface area contributed by atoms with E-state index in [1.807, 2.05) is 18.2 Å². The molecule has 0 aliphatic heterocycles. The molecule has 1 aromatic rings. The summed E-state index contributed by atoms with van der Waals surface area (Å²) in [6.45, 7) is 34.7. The van der Waals surface area contributed by atoms with Gasteiger partial charge < -0.3 is 0 Å². The van der Waals surface area contributed by atoms with Crippen molar-refractivity contribution in [3.8, 4) is 48.0 Å². The van der Waals surface area contributed by atoms with Gasteiger partial charge >= 0.3 is 0 Å². The Hall–Kier alpha value is -6.78. The number of rotatable bonds is 4. The minimum Gasteiger partial charge on any atom is -0.226 e. The zero-order chi connectivity index (χ0) is 31.2. The molecule has 0 aromatic heterocycles. The molecule has 0 amide bonds. The second kappa shape index (κ2) is 15.0. The van der Waals surface area contributed by atoms with Crippen LogP contribution in [-0.2, 0) is 0 Å². The number of allylic oxidation sites excluding steroid dienone is 8. The van der Waals surface area contributed by atoms with E-state index >= 15 is 0 Å². The predicted octanol–water partition coefficient (Wildman–Crippen LogP) is 7.34. The molecule has 0 spiro atoms.